The summed E-state index contributed by atoms with van der Waals surface area (Å²) in [5.41, 5.74) is 1.31. The average molecular weight is 425 g/mol. The molecule has 4 aromatic rings. The normalized spacial score (nSPS) is 11.7. The lowest BCUT2D eigenvalue weighted by molar-refractivity contribution is 0.355. The molecule has 0 aliphatic rings. The van der Waals surface area contributed by atoms with Gasteiger partial charge < -0.3 is 18.9 Å². The molecule has 0 amide bonds. The van der Waals surface area contributed by atoms with Crippen LogP contribution in [-0.4, -0.2) is 43.0 Å². The number of hydrogen-bond acceptors (Lipinski definition) is 8. The van der Waals surface area contributed by atoms with Crippen LogP contribution in [0.2, 0.25) is 0 Å². The minimum Gasteiger partial charge on any atom is -0.493 e. The van der Waals surface area contributed by atoms with Gasteiger partial charge in [-0.3, -0.25) is 4.79 Å². The number of fused-ring (bicyclic) bond motifs is 1. The van der Waals surface area contributed by atoms with Crippen LogP contribution in [-0.2, 0) is 0 Å². The summed E-state index contributed by atoms with van der Waals surface area (Å²) >= 11 is 1.27. The van der Waals surface area contributed by atoms with Gasteiger partial charge in [0.1, 0.15) is 0 Å². The summed E-state index contributed by atoms with van der Waals surface area (Å²) < 4.78 is 23.0. The second-order valence-electron chi connectivity index (χ2n) is 6.23. The van der Waals surface area contributed by atoms with Gasteiger partial charge in [0.15, 0.2) is 28.8 Å². The van der Waals surface area contributed by atoms with Crippen LogP contribution in [0.3, 0.4) is 0 Å². The second kappa shape index (κ2) is 8.03. The highest BCUT2D eigenvalue weighted by Gasteiger charge is 2.14. The Morgan fingerprint density at radius 2 is 1.50 bits per heavy atom. The van der Waals surface area contributed by atoms with Crippen molar-refractivity contribution in [2.75, 3.05) is 28.4 Å². The predicted octanol–water partition coefficient (Wildman–Crippen LogP) is 2.40. The van der Waals surface area contributed by atoms with Crippen LogP contribution in [0.25, 0.3) is 22.4 Å². The van der Waals surface area contributed by atoms with Crippen molar-refractivity contribution in [1.29, 1.82) is 0 Å². The van der Waals surface area contributed by atoms with E-state index in [1.807, 2.05) is 18.2 Å². The maximum Gasteiger partial charge on any atom is 0.291 e. The first-order chi connectivity index (χ1) is 14.6. The van der Waals surface area contributed by atoms with E-state index in [1.165, 1.54) is 15.9 Å². The molecule has 154 valence electrons. The van der Waals surface area contributed by atoms with E-state index in [-0.39, 0.29) is 5.56 Å². The van der Waals surface area contributed by atoms with E-state index < -0.39 is 0 Å². The van der Waals surface area contributed by atoms with E-state index in [2.05, 4.69) is 10.1 Å². The van der Waals surface area contributed by atoms with Gasteiger partial charge in [-0.2, -0.15) is 9.50 Å². The molecule has 0 atom stereocenters. The maximum absolute atomic E-state index is 12.8. The van der Waals surface area contributed by atoms with E-state index in [0.29, 0.717) is 38.3 Å². The molecule has 2 aromatic heterocycles. The standard InChI is InChI=1S/C21H19N3O5S/c1-26-14-7-5-12(9-16(14)28-3)10-18-20(25)24-21(30-18)22-19(23-24)13-6-8-15(27-2)17(11-13)29-4/h5-11H,1-4H3/b18-10+. The van der Waals surface area contributed by atoms with Gasteiger partial charge in [-0.1, -0.05) is 17.4 Å². The van der Waals surface area contributed by atoms with E-state index in [9.17, 15) is 4.79 Å². The van der Waals surface area contributed by atoms with Crippen molar-refractivity contribution >= 4 is 22.4 Å². The van der Waals surface area contributed by atoms with Gasteiger partial charge in [-0.25, -0.2) is 0 Å². The number of thiazole rings is 1. The molecule has 0 N–H and O–H groups in total. The Kier molecular flexibility index (Phi) is 5.28. The molecule has 0 fully saturated rings. The first-order valence-corrected chi connectivity index (χ1v) is 9.75. The minimum absolute atomic E-state index is 0.232. The van der Waals surface area contributed by atoms with E-state index in [0.717, 1.165) is 11.1 Å². The Bertz CT molecular complexity index is 1330. The van der Waals surface area contributed by atoms with Crippen LogP contribution in [0.15, 0.2) is 41.2 Å². The Hall–Kier alpha value is -3.59. The molecule has 0 unspecified atom stereocenters. The molecule has 2 heterocycles. The molecular weight excluding hydrogens is 406 g/mol. The predicted molar refractivity (Wildman–Crippen MR) is 114 cm³/mol. The maximum atomic E-state index is 12.8. The number of rotatable bonds is 6. The van der Waals surface area contributed by atoms with Gasteiger partial charge in [-0.15, -0.1) is 5.10 Å². The van der Waals surface area contributed by atoms with Crippen molar-refractivity contribution in [3.05, 3.63) is 56.8 Å². The number of hydrogen-bond donors (Lipinski definition) is 0. The SMILES string of the molecule is COc1ccc(/C=c2/sc3nc(-c4ccc(OC)c(OC)c4)nn3c2=O)cc1OC. The summed E-state index contributed by atoms with van der Waals surface area (Å²) in [6.45, 7) is 0. The molecule has 4 rings (SSSR count). The van der Waals surface area contributed by atoms with Crippen molar-refractivity contribution in [3.8, 4) is 34.4 Å². The highest BCUT2D eigenvalue weighted by molar-refractivity contribution is 7.15. The van der Waals surface area contributed by atoms with Crippen molar-refractivity contribution in [2.45, 2.75) is 0 Å². The Morgan fingerprint density at radius 1 is 0.867 bits per heavy atom. The zero-order valence-corrected chi connectivity index (χ0v) is 17.6. The molecule has 0 aliphatic carbocycles. The largest absolute Gasteiger partial charge is 0.493 e. The number of benzene rings is 2. The number of nitrogens with zero attached hydrogens (tertiary/aromatic N) is 3. The Balaban J connectivity index is 1.75. The number of ether oxygens (including phenoxy) is 4. The molecule has 0 spiro atoms. The quantitative estimate of drug-likeness (QED) is 0.469. The average Bonchev–Trinajstić information content (AvgIpc) is 3.32. The second-order valence-corrected chi connectivity index (χ2v) is 7.24. The van der Waals surface area contributed by atoms with E-state index in [1.54, 1.807) is 52.7 Å². The summed E-state index contributed by atoms with van der Waals surface area (Å²) in [4.78, 5) is 17.8. The molecule has 0 saturated heterocycles. The summed E-state index contributed by atoms with van der Waals surface area (Å²) in [6, 6.07) is 10.8. The highest BCUT2D eigenvalue weighted by Crippen LogP contribution is 2.31. The molecule has 9 heteroatoms. The van der Waals surface area contributed by atoms with Crippen molar-refractivity contribution < 1.29 is 18.9 Å². The van der Waals surface area contributed by atoms with Gasteiger partial charge in [-0.05, 0) is 42.0 Å². The highest BCUT2D eigenvalue weighted by atomic mass is 32.1. The van der Waals surface area contributed by atoms with Crippen LogP contribution in [0, 0.1) is 0 Å². The minimum atomic E-state index is -0.232. The topological polar surface area (TPSA) is 84.2 Å². The fourth-order valence-corrected chi connectivity index (χ4v) is 3.93. The number of methoxy groups -OCH3 is 4. The van der Waals surface area contributed by atoms with Crippen molar-refractivity contribution in [1.82, 2.24) is 14.6 Å². The molecule has 0 bridgehead atoms. The third-order valence-electron chi connectivity index (χ3n) is 4.53. The summed E-state index contributed by atoms with van der Waals surface area (Å²) in [5.74, 6) is 2.83. The van der Waals surface area contributed by atoms with Crippen LogP contribution in [0.5, 0.6) is 23.0 Å². The zero-order chi connectivity index (χ0) is 21.3. The van der Waals surface area contributed by atoms with Crippen LogP contribution in [0.4, 0.5) is 0 Å². The summed E-state index contributed by atoms with van der Waals surface area (Å²) in [6.07, 6.45) is 1.78. The third kappa shape index (κ3) is 3.43. The Labute approximate surface area is 175 Å². The van der Waals surface area contributed by atoms with Crippen molar-refractivity contribution in [2.24, 2.45) is 0 Å². The lowest BCUT2D eigenvalue weighted by Crippen LogP contribution is -2.23. The fraction of sp³-hybridized carbons (Fsp3) is 0.190. The zero-order valence-electron chi connectivity index (χ0n) is 16.8. The van der Waals surface area contributed by atoms with Gasteiger partial charge >= 0.3 is 0 Å². The van der Waals surface area contributed by atoms with Gasteiger partial charge in [0.25, 0.3) is 5.56 Å². The van der Waals surface area contributed by atoms with Crippen LogP contribution in [0.1, 0.15) is 5.56 Å². The van der Waals surface area contributed by atoms with Gasteiger partial charge in [0.05, 0.1) is 33.0 Å². The summed E-state index contributed by atoms with van der Waals surface area (Å²) in [7, 11) is 6.28. The van der Waals surface area contributed by atoms with E-state index in [4.69, 9.17) is 18.9 Å². The number of aromatic nitrogens is 3. The molecule has 0 aliphatic heterocycles. The lowest BCUT2D eigenvalue weighted by atomic mass is 10.2. The smallest absolute Gasteiger partial charge is 0.291 e. The lowest BCUT2D eigenvalue weighted by Gasteiger charge is -2.07. The first kappa shape index (κ1) is 19.7. The Morgan fingerprint density at radius 3 is 2.13 bits per heavy atom. The first-order valence-electron chi connectivity index (χ1n) is 8.93. The van der Waals surface area contributed by atoms with Crippen LogP contribution >= 0.6 is 11.3 Å². The van der Waals surface area contributed by atoms with Crippen LogP contribution < -0.4 is 29.0 Å². The molecule has 0 saturated carbocycles. The van der Waals surface area contributed by atoms with Crippen molar-refractivity contribution in [3.63, 3.8) is 0 Å². The monoisotopic (exact) mass is 425 g/mol. The molecular formula is C21H19N3O5S. The van der Waals surface area contributed by atoms with Gasteiger partial charge in [0, 0.05) is 5.56 Å². The summed E-state index contributed by atoms with van der Waals surface area (Å²) in [5, 5.41) is 4.38. The third-order valence-corrected chi connectivity index (χ3v) is 5.49. The molecule has 2 aromatic carbocycles. The molecule has 0 radical (unpaired) electrons. The van der Waals surface area contributed by atoms with Gasteiger partial charge in [0.2, 0.25) is 4.96 Å². The molecule has 30 heavy (non-hydrogen) atoms. The molecule has 8 nitrogen and oxygen atoms in total. The van der Waals surface area contributed by atoms with E-state index >= 15 is 0 Å². The fourth-order valence-electron chi connectivity index (χ4n) is 3.03.